The minimum atomic E-state index is -4.08. The van der Waals surface area contributed by atoms with Gasteiger partial charge in [-0.05, 0) is 40.4 Å². The van der Waals surface area contributed by atoms with Gasteiger partial charge in [0.1, 0.15) is 0 Å². The van der Waals surface area contributed by atoms with Crippen molar-refractivity contribution in [1.29, 1.82) is 0 Å². The Kier molecular flexibility index (Phi) is 7.04. The van der Waals surface area contributed by atoms with Crippen LogP contribution in [0.15, 0.2) is 0 Å². The minimum Gasteiger partial charge on any atom is -0.394 e. The largest absolute Gasteiger partial charge is 0.394 e. The number of nitrogens with one attached hydrogen (secondary N) is 1. The van der Waals surface area contributed by atoms with Crippen LogP contribution in [0.2, 0.25) is 0 Å². The molecule has 0 aliphatic heterocycles. The molecule has 0 aromatic rings. The van der Waals surface area contributed by atoms with E-state index in [0.29, 0.717) is 6.54 Å². The van der Waals surface area contributed by atoms with Crippen molar-refractivity contribution in [2.75, 3.05) is 33.8 Å². The van der Waals surface area contributed by atoms with Crippen molar-refractivity contribution in [1.82, 2.24) is 10.2 Å². The van der Waals surface area contributed by atoms with Gasteiger partial charge in [0.2, 0.25) is 0 Å². The average molecular weight is 256 g/mol. The fourth-order valence-corrected chi connectivity index (χ4v) is 1.45. The Hall–Kier alpha value is -0.330. The van der Waals surface area contributed by atoms with Gasteiger partial charge in [-0.15, -0.1) is 0 Å². The molecule has 0 saturated heterocycles. The van der Waals surface area contributed by atoms with E-state index in [-0.39, 0.29) is 18.7 Å². The molecule has 6 heteroatoms. The first-order valence-corrected chi connectivity index (χ1v) is 5.77. The Morgan fingerprint density at radius 1 is 1.18 bits per heavy atom. The van der Waals surface area contributed by atoms with Crippen LogP contribution in [0.25, 0.3) is 0 Å². The molecule has 104 valence electrons. The number of halogens is 3. The number of rotatable bonds is 8. The molecule has 17 heavy (non-hydrogen) atoms. The highest BCUT2D eigenvalue weighted by molar-refractivity contribution is 4.80. The number of hydrogen-bond donors (Lipinski definition) is 2. The zero-order valence-electron chi connectivity index (χ0n) is 10.8. The van der Waals surface area contributed by atoms with Crippen LogP contribution in [0.3, 0.4) is 0 Å². The molecule has 0 amide bonds. The standard InChI is InChI=1S/C11H23F3N2O/c1-10(9-17,15-2)5-4-7-16(3)8-6-11(12,13)14/h15,17H,4-9H2,1-3H3. The first kappa shape index (κ1) is 16.7. The van der Waals surface area contributed by atoms with Crippen LogP contribution in [0.5, 0.6) is 0 Å². The normalized spacial score (nSPS) is 16.2. The van der Waals surface area contributed by atoms with E-state index in [1.165, 1.54) is 0 Å². The van der Waals surface area contributed by atoms with Crippen LogP contribution >= 0.6 is 0 Å². The fraction of sp³-hybridized carbons (Fsp3) is 1.00. The summed E-state index contributed by atoms with van der Waals surface area (Å²) < 4.78 is 35.9. The van der Waals surface area contributed by atoms with Crippen LogP contribution in [-0.4, -0.2) is 55.5 Å². The van der Waals surface area contributed by atoms with E-state index in [0.717, 1.165) is 12.8 Å². The lowest BCUT2D eigenvalue weighted by atomic mass is 9.97. The van der Waals surface area contributed by atoms with Crippen molar-refractivity contribution in [2.24, 2.45) is 0 Å². The predicted molar refractivity (Wildman–Crippen MR) is 62.0 cm³/mol. The van der Waals surface area contributed by atoms with Crippen molar-refractivity contribution in [3.63, 3.8) is 0 Å². The van der Waals surface area contributed by atoms with Crippen molar-refractivity contribution in [3.05, 3.63) is 0 Å². The summed E-state index contributed by atoms with van der Waals surface area (Å²) >= 11 is 0. The maximum Gasteiger partial charge on any atom is 0.390 e. The quantitative estimate of drug-likeness (QED) is 0.693. The second-order valence-electron chi connectivity index (χ2n) is 4.74. The van der Waals surface area contributed by atoms with Gasteiger partial charge in [0.25, 0.3) is 0 Å². The number of hydrogen-bond acceptors (Lipinski definition) is 3. The molecule has 3 nitrogen and oxygen atoms in total. The fourth-order valence-electron chi connectivity index (χ4n) is 1.45. The topological polar surface area (TPSA) is 35.5 Å². The molecule has 0 radical (unpaired) electrons. The Morgan fingerprint density at radius 2 is 1.76 bits per heavy atom. The van der Waals surface area contributed by atoms with Gasteiger partial charge in [0, 0.05) is 12.1 Å². The van der Waals surface area contributed by atoms with E-state index in [1.807, 2.05) is 6.92 Å². The Bertz CT molecular complexity index is 205. The first-order chi connectivity index (χ1) is 7.72. The molecule has 0 aliphatic carbocycles. The van der Waals surface area contributed by atoms with Gasteiger partial charge in [-0.2, -0.15) is 13.2 Å². The highest BCUT2D eigenvalue weighted by Gasteiger charge is 2.27. The van der Waals surface area contributed by atoms with E-state index < -0.39 is 12.6 Å². The summed E-state index contributed by atoms with van der Waals surface area (Å²) in [6.45, 7) is 2.55. The molecule has 0 rings (SSSR count). The molecule has 0 bridgehead atoms. The molecule has 0 heterocycles. The summed E-state index contributed by atoms with van der Waals surface area (Å²) in [5, 5.41) is 12.1. The SMILES string of the molecule is CNC(C)(CO)CCCN(C)CCC(F)(F)F. The zero-order chi connectivity index (χ0) is 13.5. The highest BCUT2D eigenvalue weighted by Crippen LogP contribution is 2.19. The van der Waals surface area contributed by atoms with Gasteiger partial charge in [0.15, 0.2) is 0 Å². The lowest BCUT2D eigenvalue weighted by Gasteiger charge is -2.28. The highest BCUT2D eigenvalue weighted by atomic mass is 19.4. The number of nitrogens with zero attached hydrogens (tertiary/aromatic N) is 1. The zero-order valence-corrected chi connectivity index (χ0v) is 10.8. The molecule has 0 saturated carbocycles. The Labute approximate surface area is 101 Å². The van der Waals surface area contributed by atoms with E-state index in [1.54, 1.807) is 19.0 Å². The van der Waals surface area contributed by atoms with Crippen LogP contribution in [0.1, 0.15) is 26.2 Å². The number of likely N-dealkylation sites (N-methyl/N-ethyl adjacent to an activating group) is 1. The number of aliphatic hydroxyl groups is 1. The third-order valence-corrected chi connectivity index (χ3v) is 3.00. The monoisotopic (exact) mass is 256 g/mol. The van der Waals surface area contributed by atoms with Crippen molar-refractivity contribution in [2.45, 2.75) is 37.9 Å². The summed E-state index contributed by atoms with van der Waals surface area (Å²) in [5.41, 5.74) is -0.342. The van der Waals surface area contributed by atoms with Crippen molar-refractivity contribution >= 4 is 0 Å². The second kappa shape index (κ2) is 7.18. The minimum absolute atomic E-state index is 0.0236. The van der Waals surface area contributed by atoms with Gasteiger partial charge in [-0.25, -0.2) is 0 Å². The average Bonchev–Trinajstić information content (AvgIpc) is 2.25. The smallest absolute Gasteiger partial charge is 0.390 e. The number of alkyl halides is 3. The van der Waals surface area contributed by atoms with Crippen molar-refractivity contribution in [3.8, 4) is 0 Å². The third kappa shape index (κ3) is 8.40. The van der Waals surface area contributed by atoms with E-state index in [2.05, 4.69) is 5.32 Å². The van der Waals surface area contributed by atoms with Gasteiger partial charge < -0.3 is 15.3 Å². The third-order valence-electron chi connectivity index (χ3n) is 3.00. The van der Waals surface area contributed by atoms with Gasteiger partial charge in [0.05, 0.1) is 13.0 Å². The lowest BCUT2D eigenvalue weighted by Crippen LogP contribution is -2.43. The molecule has 0 aromatic heterocycles. The summed E-state index contributed by atoms with van der Waals surface area (Å²) in [5.74, 6) is 0. The molecule has 0 spiro atoms. The summed E-state index contributed by atoms with van der Waals surface area (Å²) in [6.07, 6.45) is -3.37. The maximum atomic E-state index is 12.0. The van der Waals surface area contributed by atoms with Gasteiger partial charge in [-0.1, -0.05) is 0 Å². The number of aliphatic hydroxyl groups excluding tert-OH is 1. The van der Waals surface area contributed by atoms with Crippen LogP contribution in [0, 0.1) is 0 Å². The molecule has 0 aromatic carbocycles. The summed E-state index contributed by atoms with van der Waals surface area (Å²) in [6, 6.07) is 0. The summed E-state index contributed by atoms with van der Waals surface area (Å²) in [4.78, 5) is 1.67. The van der Waals surface area contributed by atoms with Crippen LogP contribution in [-0.2, 0) is 0 Å². The van der Waals surface area contributed by atoms with Crippen LogP contribution in [0.4, 0.5) is 13.2 Å². The molecule has 0 aliphatic rings. The van der Waals surface area contributed by atoms with Gasteiger partial charge in [-0.3, -0.25) is 0 Å². The Balaban J connectivity index is 3.74. The molecule has 0 fully saturated rings. The summed E-state index contributed by atoms with van der Waals surface area (Å²) in [7, 11) is 3.45. The first-order valence-electron chi connectivity index (χ1n) is 5.77. The molecule has 1 unspecified atom stereocenters. The molecule has 2 N–H and O–H groups in total. The van der Waals surface area contributed by atoms with Crippen LogP contribution < -0.4 is 5.32 Å². The van der Waals surface area contributed by atoms with E-state index >= 15 is 0 Å². The van der Waals surface area contributed by atoms with E-state index in [9.17, 15) is 13.2 Å². The van der Waals surface area contributed by atoms with E-state index in [4.69, 9.17) is 5.11 Å². The lowest BCUT2D eigenvalue weighted by molar-refractivity contribution is -0.137. The molecule has 1 atom stereocenters. The van der Waals surface area contributed by atoms with Gasteiger partial charge >= 0.3 is 6.18 Å². The predicted octanol–water partition coefficient (Wildman–Crippen LogP) is 1.62. The molecular formula is C11H23F3N2O. The second-order valence-corrected chi connectivity index (χ2v) is 4.74. The van der Waals surface area contributed by atoms with Crippen molar-refractivity contribution < 1.29 is 18.3 Å². The molecular weight excluding hydrogens is 233 g/mol. The Morgan fingerprint density at radius 3 is 2.18 bits per heavy atom. The maximum absolute atomic E-state index is 12.0.